The number of aromatic nitrogens is 1. The molecule has 3 rings (SSSR count). The molecule has 8 heteroatoms. The third-order valence-electron chi connectivity index (χ3n) is 5.01. The van der Waals surface area contributed by atoms with Gasteiger partial charge in [0.05, 0.1) is 5.69 Å². The maximum atomic E-state index is 13.5. The first-order chi connectivity index (χ1) is 13.6. The van der Waals surface area contributed by atoms with Crippen LogP contribution >= 0.6 is 11.3 Å². The van der Waals surface area contributed by atoms with E-state index in [4.69, 9.17) is 0 Å². The molecule has 1 aliphatic heterocycles. The van der Waals surface area contributed by atoms with E-state index in [1.165, 1.54) is 17.4 Å². The first-order valence-corrected chi connectivity index (χ1v) is 10.4. The van der Waals surface area contributed by atoms with Gasteiger partial charge in [0.2, 0.25) is 11.8 Å². The zero-order chi connectivity index (χ0) is 21.3. The fraction of sp³-hybridized carbons (Fsp3) is 0.476. The molecule has 0 saturated carbocycles. The Bertz CT molecular complexity index is 928. The molecule has 5 nitrogen and oxygen atoms in total. The van der Waals surface area contributed by atoms with E-state index in [9.17, 15) is 18.4 Å². The summed E-state index contributed by atoms with van der Waals surface area (Å²) >= 11 is 1.30. The number of hydrogen-bond acceptors (Lipinski definition) is 4. The average molecular weight is 422 g/mol. The zero-order valence-corrected chi connectivity index (χ0v) is 17.8. The van der Waals surface area contributed by atoms with Gasteiger partial charge < -0.3 is 10.2 Å². The van der Waals surface area contributed by atoms with Crippen molar-refractivity contribution < 1.29 is 18.4 Å². The van der Waals surface area contributed by atoms with E-state index in [0.717, 1.165) is 17.0 Å². The normalized spacial score (nSPS) is 15.4. The Morgan fingerprint density at radius 2 is 1.83 bits per heavy atom. The summed E-state index contributed by atoms with van der Waals surface area (Å²) in [5, 5.41) is 3.27. The number of benzene rings is 1. The maximum Gasteiger partial charge on any atom is 0.229 e. The monoisotopic (exact) mass is 421 g/mol. The number of piperidine rings is 1. The maximum absolute atomic E-state index is 13.5. The molecule has 0 atom stereocenters. The number of carbonyl (C=O) groups is 2. The van der Waals surface area contributed by atoms with E-state index in [1.54, 1.807) is 0 Å². The van der Waals surface area contributed by atoms with Crippen molar-refractivity contribution in [1.29, 1.82) is 0 Å². The minimum atomic E-state index is -0.933. The summed E-state index contributed by atoms with van der Waals surface area (Å²) < 4.78 is 26.7. The number of halogens is 2. The van der Waals surface area contributed by atoms with Crippen molar-refractivity contribution in [2.75, 3.05) is 18.4 Å². The fourth-order valence-corrected chi connectivity index (χ4v) is 4.23. The van der Waals surface area contributed by atoms with Crippen molar-refractivity contribution in [1.82, 2.24) is 9.88 Å². The van der Waals surface area contributed by atoms with Crippen LogP contribution < -0.4 is 5.32 Å². The standard InChI is InChI=1S/C21H25F2N3O2S/c1-12-17(14-5-6-15(22)16(23)11-14)24-20(29-12)25-18(27)13-7-9-26(10-8-13)19(28)21(2,3)4/h5-6,11,13H,7-10H2,1-4H3,(H,24,25,27). The molecule has 156 valence electrons. The fourth-order valence-electron chi connectivity index (χ4n) is 3.39. The van der Waals surface area contributed by atoms with Crippen LogP contribution in [0.3, 0.4) is 0 Å². The number of thiazole rings is 1. The van der Waals surface area contributed by atoms with Crippen LogP contribution in [0.2, 0.25) is 0 Å². The highest BCUT2D eigenvalue weighted by molar-refractivity contribution is 7.16. The molecule has 1 N–H and O–H groups in total. The van der Waals surface area contributed by atoms with Crippen molar-refractivity contribution >= 4 is 28.3 Å². The molecule has 0 spiro atoms. The highest BCUT2D eigenvalue weighted by atomic mass is 32.1. The summed E-state index contributed by atoms with van der Waals surface area (Å²) in [6.07, 6.45) is 1.21. The van der Waals surface area contributed by atoms with Crippen LogP contribution in [0, 0.1) is 29.9 Å². The van der Waals surface area contributed by atoms with E-state index >= 15 is 0 Å². The summed E-state index contributed by atoms with van der Waals surface area (Å²) in [4.78, 5) is 32.0. The molecule has 2 heterocycles. The summed E-state index contributed by atoms with van der Waals surface area (Å²) in [5.74, 6) is -2.06. The van der Waals surface area contributed by atoms with Crippen LogP contribution in [0.1, 0.15) is 38.5 Å². The lowest BCUT2D eigenvalue weighted by atomic mass is 9.91. The van der Waals surface area contributed by atoms with E-state index in [0.29, 0.717) is 42.3 Å². The molecule has 0 radical (unpaired) electrons. The van der Waals surface area contributed by atoms with Crippen LogP contribution in [-0.2, 0) is 9.59 Å². The van der Waals surface area contributed by atoms with Crippen LogP contribution in [0.15, 0.2) is 18.2 Å². The van der Waals surface area contributed by atoms with E-state index in [-0.39, 0.29) is 17.7 Å². The molecule has 0 aliphatic carbocycles. The summed E-state index contributed by atoms with van der Waals surface area (Å²) in [6.45, 7) is 8.62. The molecule has 1 fully saturated rings. The van der Waals surface area contributed by atoms with Gasteiger partial charge >= 0.3 is 0 Å². The molecule has 0 unspecified atom stereocenters. The van der Waals surface area contributed by atoms with Crippen molar-refractivity contribution in [3.8, 4) is 11.3 Å². The molecule has 29 heavy (non-hydrogen) atoms. The third kappa shape index (κ3) is 4.80. The van der Waals surface area contributed by atoms with Crippen molar-refractivity contribution in [3.63, 3.8) is 0 Å². The number of rotatable bonds is 3. The number of nitrogens with one attached hydrogen (secondary N) is 1. The largest absolute Gasteiger partial charge is 0.342 e. The number of amides is 2. The number of carbonyl (C=O) groups excluding carboxylic acids is 2. The predicted octanol–water partition coefficient (Wildman–Crippen LogP) is 4.62. The Labute approximate surface area is 173 Å². The topological polar surface area (TPSA) is 62.3 Å². The van der Waals surface area contributed by atoms with E-state index in [2.05, 4.69) is 10.3 Å². The third-order valence-corrected chi connectivity index (χ3v) is 5.90. The van der Waals surface area contributed by atoms with Gasteiger partial charge in [-0.15, -0.1) is 11.3 Å². The zero-order valence-electron chi connectivity index (χ0n) is 17.0. The minimum absolute atomic E-state index is 0.100. The lowest BCUT2D eigenvalue weighted by Crippen LogP contribution is -2.45. The number of aryl methyl sites for hydroxylation is 1. The Morgan fingerprint density at radius 1 is 1.17 bits per heavy atom. The van der Waals surface area contributed by atoms with Crippen molar-refractivity contribution in [2.45, 2.75) is 40.5 Å². The van der Waals surface area contributed by atoms with E-state index in [1.807, 2.05) is 32.6 Å². The number of anilines is 1. The van der Waals surface area contributed by atoms with Crippen molar-refractivity contribution in [2.24, 2.45) is 11.3 Å². The van der Waals surface area contributed by atoms with Gasteiger partial charge in [-0.1, -0.05) is 20.8 Å². The quantitative estimate of drug-likeness (QED) is 0.787. The Balaban J connectivity index is 1.63. The molecule has 1 aliphatic rings. The second-order valence-electron chi connectivity index (χ2n) is 8.36. The van der Waals surface area contributed by atoms with Crippen molar-refractivity contribution in [3.05, 3.63) is 34.7 Å². The smallest absolute Gasteiger partial charge is 0.229 e. The van der Waals surface area contributed by atoms with Gasteiger partial charge in [0, 0.05) is 34.9 Å². The molecule has 0 bridgehead atoms. The summed E-state index contributed by atoms with van der Waals surface area (Å²) in [6, 6.07) is 3.63. The summed E-state index contributed by atoms with van der Waals surface area (Å²) in [7, 11) is 0. The SMILES string of the molecule is Cc1sc(NC(=O)C2CCN(C(=O)C(C)(C)C)CC2)nc1-c1ccc(F)c(F)c1. The second-order valence-corrected chi connectivity index (χ2v) is 9.56. The minimum Gasteiger partial charge on any atom is -0.342 e. The van der Waals surface area contributed by atoms with Gasteiger partial charge in [-0.3, -0.25) is 9.59 Å². The highest BCUT2D eigenvalue weighted by Gasteiger charge is 2.32. The Morgan fingerprint density at radius 3 is 2.41 bits per heavy atom. The summed E-state index contributed by atoms with van der Waals surface area (Å²) in [5.41, 5.74) is 0.561. The lowest BCUT2D eigenvalue weighted by molar-refractivity contribution is -0.142. The Hall–Kier alpha value is -2.35. The number of likely N-dealkylation sites (tertiary alicyclic amines) is 1. The van der Waals surface area contributed by atoms with Gasteiger partial charge in [0.15, 0.2) is 16.8 Å². The highest BCUT2D eigenvalue weighted by Crippen LogP contribution is 2.32. The first-order valence-electron chi connectivity index (χ1n) is 9.59. The van der Waals surface area contributed by atoms with Crippen LogP contribution in [0.4, 0.5) is 13.9 Å². The molecular formula is C21H25F2N3O2S. The molecule has 1 saturated heterocycles. The Kier molecular flexibility index (Phi) is 6.03. The van der Waals surface area contributed by atoms with Crippen LogP contribution in [0.5, 0.6) is 0 Å². The second kappa shape index (κ2) is 8.18. The molecule has 2 amide bonds. The molecule has 2 aromatic rings. The van der Waals surface area contributed by atoms with Gasteiger partial charge in [-0.05, 0) is 38.0 Å². The number of hydrogen-bond donors (Lipinski definition) is 1. The van der Waals surface area contributed by atoms with Gasteiger partial charge in [0.1, 0.15) is 0 Å². The average Bonchev–Trinajstić information content (AvgIpc) is 3.02. The van der Waals surface area contributed by atoms with Gasteiger partial charge in [-0.2, -0.15) is 0 Å². The van der Waals surface area contributed by atoms with E-state index < -0.39 is 17.0 Å². The molecule has 1 aromatic heterocycles. The number of nitrogens with zero attached hydrogens (tertiary/aromatic N) is 2. The van der Waals surface area contributed by atoms with Gasteiger partial charge in [0.25, 0.3) is 0 Å². The van der Waals surface area contributed by atoms with Gasteiger partial charge in [-0.25, -0.2) is 13.8 Å². The van der Waals surface area contributed by atoms with Crippen LogP contribution in [-0.4, -0.2) is 34.8 Å². The first kappa shape index (κ1) is 21.4. The van der Waals surface area contributed by atoms with Crippen LogP contribution in [0.25, 0.3) is 11.3 Å². The predicted molar refractivity (Wildman–Crippen MR) is 110 cm³/mol. The molecular weight excluding hydrogens is 396 g/mol. The lowest BCUT2D eigenvalue weighted by Gasteiger charge is -2.35. The molecule has 1 aromatic carbocycles.